The first-order chi connectivity index (χ1) is 14.7. The molecule has 0 aliphatic rings. The highest BCUT2D eigenvalue weighted by atomic mass is 19.4. The Labute approximate surface area is 176 Å². The monoisotopic (exact) mass is 432 g/mol. The van der Waals surface area contributed by atoms with E-state index >= 15 is 0 Å². The molecule has 0 saturated heterocycles. The zero-order chi connectivity index (χ0) is 22.6. The molecule has 1 amide bonds. The van der Waals surface area contributed by atoms with Crippen LogP contribution in [0.25, 0.3) is 11.1 Å². The van der Waals surface area contributed by atoms with E-state index in [1.165, 1.54) is 42.6 Å². The fraction of sp³-hybridized carbons (Fsp3) is 0.217. The van der Waals surface area contributed by atoms with Gasteiger partial charge in [0.25, 0.3) is 5.91 Å². The molecule has 0 spiro atoms. The Morgan fingerprint density at radius 3 is 2.45 bits per heavy atom. The Hall–Kier alpha value is -3.42. The molecular formula is C23H20F4N2O2. The van der Waals surface area contributed by atoms with Gasteiger partial charge in [-0.1, -0.05) is 19.1 Å². The minimum absolute atomic E-state index is 0.0328. The Bertz CT molecular complexity index is 1070. The number of halogens is 4. The summed E-state index contributed by atoms with van der Waals surface area (Å²) in [6.07, 6.45) is -2.42. The average Bonchev–Trinajstić information content (AvgIpc) is 2.73. The van der Waals surface area contributed by atoms with E-state index < -0.39 is 17.6 Å². The van der Waals surface area contributed by atoms with Crippen molar-refractivity contribution in [2.45, 2.75) is 32.5 Å². The first-order valence-corrected chi connectivity index (χ1v) is 9.59. The van der Waals surface area contributed by atoms with E-state index in [9.17, 15) is 22.4 Å². The van der Waals surface area contributed by atoms with Crippen molar-refractivity contribution in [2.75, 3.05) is 0 Å². The number of carbonyl (C=O) groups excluding carboxylic acids is 1. The topological polar surface area (TPSA) is 51.2 Å². The summed E-state index contributed by atoms with van der Waals surface area (Å²) in [4.78, 5) is 16.7. The summed E-state index contributed by atoms with van der Waals surface area (Å²) in [5.74, 6) is -0.687. The summed E-state index contributed by atoms with van der Waals surface area (Å²) >= 11 is 0. The molecule has 31 heavy (non-hydrogen) atoms. The molecule has 0 radical (unpaired) electrons. The van der Waals surface area contributed by atoms with Crippen molar-refractivity contribution in [3.8, 4) is 22.8 Å². The second-order valence-electron chi connectivity index (χ2n) is 6.99. The van der Waals surface area contributed by atoms with E-state index in [0.29, 0.717) is 11.1 Å². The number of nitrogens with one attached hydrogen (secondary N) is 1. The number of hydrogen-bond acceptors (Lipinski definition) is 3. The van der Waals surface area contributed by atoms with Gasteiger partial charge in [-0.25, -0.2) is 9.37 Å². The van der Waals surface area contributed by atoms with Crippen LogP contribution >= 0.6 is 0 Å². The fourth-order valence-electron chi connectivity index (χ4n) is 2.75. The first-order valence-electron chi connectivity index (χ1n) is 9.59. The van der Waals surface area contributed by atoms with E-state index in [1.54, 1.807) is 6.07 Å². The average molecular weight is 432 g/mol. The second kappa shape index (κ2) is 9.16. The van der Waals surface area contributed by atoms with Gasteiger partial charge in [0.2, 0.25) is 5.88 Å². The molecule has 3 aromatic rings. The summed E-state index contributed by atoms with van der Waals surface area (Å²) in [7, 11) is 0. The lowest BCUT2D eigenvalue weighted by Gasteiger charge is -2.15. The number of hydrogen-bond donors (Lipinski definition) is 1. The molecule has 0 fully saturated rings. The van der Waals surface area contributed by atoms with Crippen molar-refractivity contribution in [1.29, 1.82) is 0 Å². The smallest absolute Gasteiger partial charge is 0.416 e. The van der Waals surface area contributed by atoms with Crippen LogP contribution in [-0.4, -0.2) is 16.9 Å². The second-order valence-corrected chi connectivity index (χ2v) is 6.99. The molecule has 1 atom stereocenters. The van der Waals surface area contributed by atoms with Crippen LogP contribution in [0.15, 0.2) is 60.8 Å². The third-order valence-electron chi connectivity index (χ3n) is 4.63. The molecule has 0 aliphatic heterocycles. The quantitative estimate of drug-likeness (QED) is 0.470. The number of pyridine rings is 1. The van der Waals surface area contributed by atoms with Gasteiger partial charge >= 0.3 is 6.18 Å². The molecule has 1 heterocycles. The highest BCUT2D eigenvalue weighted by Gasteiger charge is 2.30. The highest BCUT2D eigenvalue weighted by Crippen LogP contribution is 2.35. The summed E-state index contributed by atoms with van der Waals surface area (Å²) in [5.41, 5.74) is 0.179. The van der Waals surface area contributed by atoms with Crippen molar-refractivity contribution in [3.05, 3.63) is 77.7 Å². The van der Waals surface area contributed by atoms with Crippen LogP contribution in [-0.2, 0) is 6.18 Å². The maximum absolute atomic E-state index is 13.8. The van der Waals surface area contributed by atoms with Crippen LogP contribution in [0, 0.1) is 5.82 Å². The van der Waals surface area contributed by atoms with E-state index in [2.05, 4.69) is 10.3 Å². The third kappa shape index (κ3) is 5.59. The standard InChI is InChI=1S/C23H20F4N2O2/c1-3-14(2)29-21(30)16-12-20(15-5-4-6-18(24)11-15)22(28-13-16)31-19-9-7-17(8-10-19)23(25,26)27/h4-14H,3H2,1-2H3,(H,29,30). The van der Waals surface area contributed by atoms with E-state index in [-0.39, 0.29) is 29.1 Å². The first kappa shape index (κ1) is 22.3. The number of benzene rings is 2. The Balaban J connectivity index is 1.98. The lowest BCUT2D eigenvalue weighted by molar-refractivity contribution is -0.137. The molecule has 0 saturated carbocycles. The number of alkyl halides is 3. The van der Waals surface area contributed by atoms with Crippen LogP contribution in [0.1, 0.15) is 36.2 Å². The van der Waals surface area contributed by atoms with Gasteiger partial charge in [-0.05, 0) is 61.4 Å². The summed E-state index contributed by atoms with van der Waals surface area (Å²) in [6.45, 7) is 3.79. The van der Waals surface area contributed by atoms with Gasteiger partial charge in [0.1, 0.15) is 11.6 Å². The van der Waals surface area contributed by atoms with E-state index in [0.717, 1.165) is 18.6 Å². The predicted molar refractivity (Wildman–Crippen MR) is 108 cm³/mol. The van der Waals surface area contributed by atoms with Crippen molar-refractivity contribution in [1.82, 2.24) is 10.3 Å². The van der Waals surface area contributed by atoms with Crippen molar-refractivity contribution in [2.24, 2.45) is 0 Å². The van der Waals surface area contributed by atoms with Crippen molar-refractivity contribution < 1.29 is 27.1 Å². The highest BCUT2D eigenvalue weighted by molar-refractivity contribution is 5.95. The van der Waals surface area contributed by atoms with Gasteiger partial charge < -0.3 is 10.1 Å². The number of amides is 1. The molecule has 2 aromatic carbocycles. The Morgan fingerprint density at radius 2 is 1.84 bits per heavy atom. The van der Waals surface area contributed by atoms with Crippen molar-refractivity contribution >= 4 is 5.91 Å². The largest absolute Gasteiger partial charge is 0.438 e. The molecule has 0 bridgehead atoms. The van der Waals surface area contributed by atoms with Gasteiger partial charge in [0.05, 0.1) is 11.1 Å². The van der Waals surface area contributed by atoms with E-state index in [4.69, 9.17) is 4.74 Å². The predicted octanol–water partition coefficient (Wildman–Crippen LogP) is 6.23. The fourth-order valence-corrected chi connectivity index (χ4v) is 2.75. The molecule has 8 heteroatoms. The van der Waals surface area contributed by atoms with Crippen LogP contribution in [0.2, 0.25) is 0 Å². The molecule has 162 valence electrons. The Morgan fingerprint density at radius 1 is 1.13 bits per heavy atom. The minimum Gasteiger partial charge on any atom is -0.438 e. The normalized spacial score (nSPS) is 12.3. The summed E-state index contributed by atoms with van der Waals surface area (Å²) < 4.78 is 57.8. The number of aromatic nitrogens is 1. The molecule has 4 nitrogen and oxygen atoms in total. The third-order valence-corrected chi connectivity index (χ3v) is 4.63. The molecule has 1 N–H and O–H groups in total. The van der Waals surface area contributed by atoms with Crippen LogP contribution in [0.5, 0.6) is 11.6 Å². The zero-order valence-corrected chi connectivity index (χ0v) is 16.8. The summed E-state index contributed by atoms with van der Waals surface area (Å²) in [5, 5.41) is 2.83. The molecule has 3 rings (SSSR count). The molecule has 0 aliphatic carbocycles. The van der Waals surface area contributed by atoms with Gasteiger partial charge in [0, 0.05) is 17.8 Å². The number of carbonyl (C=O) groups is 1. The lowest BCUT2D eigenvalue weighted by atomic mass is 10.0. The maximum Gasteiger partial charge on any atom is 0.416 e. The van der Waals surface area contributed by atoms with E-state index in [1.807, 2.05) is 13.8 Å². The number of rotatable bonds is 6. The molecular weight excluding hydrogens is 412 g/mol. The maximum atomic E-state index is 13.8. The molecule has 1 aromatic heterocycles. The Kier molecular flexibility index (Phi) is 6.58. The summed E-state index contributed by atoms with van der Waals surface area (Å²) in [6, 6.07) is 11.2. The van der Waals surface area contributed by atoms with Crippen molar-refractivity contribution in [3.63, 3.8) is 0 Å². The van der Waals surface area contributed by atoms with Crippen LogP contribution in [0.3, 0.4) is 0 Å². The van der Waals surface area contributed by atoms with Gasteiger partial charge in [-0.15, -0.1) is 0 Å². The lowest BCUT2D eigenvalue weighted by Crippen LogP contribution is -2.32. The number of nitrogens with zero attached hydrogens (tertiary/aromatic N) is 1. The minimum atomic E-state index is -4.46. The molecule has 1 unspecified atom stereocenters. The SMILES string of the molecule is CCC(C)NC(=O)c1cnc(Oc2ccc(C(F)(F)F)cc2)c(-c2cccc(F)c2)c1. The number of ether oxygens (including phenoxy) is 1. The van der Waals surface area contributed by atoms with Crippen LogP contribution < -0.4 is 10.1 Å². The van der Waals surface area contributed by atoms with Gasteiger partial charge in [-0.3, -0.25) is 4.79 Å². The zero-order valence-electron chi connectivity index (χ0n) is 16.8. The van der Waals surface area contributed by atoms with Crippen LogP contribution in [0.4, 0.5) is 17.6 Å². The van der Waals surface area contributed by atoms with Gasteiger partial charge in [0.15, 0.2) is 0 Å². The van der Waals surface area contributed by atoms with Gasteiger partial charge in [-0.2, -0.15) is 13.2 Å².